The van der Waals surface area contributed by atoms with Gasteiger partial charge in [-0.15, -0.1) is 11.8 Å². The van der Waals surface area contributed by atoms with E-state index in [1.807, 2.05) is 12.1 Å². The number of aliphatic hydroxyl groups is 1. The van der Waals surface area contributed by atoms with E-state index in [2.05, 4.69) is 45.5 Å². The molecular weight excluding hydrogens is 505 g/mol. The molecule has 5 rings (SSSR count). The molecule has 2 unspecified atom stereocenters. The Morgan fingerprint density at radius 2 is 1.97 bits per heavy atom. The van der Waals surface area contributed by atoms with E-state index in [4.69, 9.17) is 5.11 Å². The van der Waals surface area contributed by atoms with Crippen molar-refractivity contribution >= 4 is 55.4 Å². The van der Waals surface area contributed by atoms with Crippen molar-refractivity contribution in [3.8, 4) is 0 Å². The SMILES string of the molecule is O=C(O)/C=C/c1ccc(C(O)CN2CCN(CCc3ccc4c(c3)NC(=O)CS4)CC2)c2c1C=CCP2. The number of hydrogen-bond donors (Lipinski definition) is 3. The van der Waals surface area contributed by atoms with Crippen LogP contribution in [-0.2, 0) is 16.0 Å². The third-order valence-electron chi connectivity index (χ3n) is 7.05. The van der Waals surface area contributed by atoms with Crippen LogP contribution in [0.4, 0.5) is 5.69 Å². The number of aliphatic carboxylic acids is 1. The van der Waals surface area contributed by atoms with Gasteiger partial charge in [-0.2, -0.15) is 0 Å². The average Bonchev–Trinajstić information content (AvgIpc) is 2.91. The molecule has 0 saturated carbocycles. The number of carbonyl (C=O) groups excluding carboxylic acids is 1. The maximum absolute atomic E-state index is 11.7. The van der Waals surface area contributed by atoms with Crippen molar-refractivity contribution in [3.05, 3.63) is 64.7 Å². The van der Waals surface area contributed by atoms with Gasteiger partial charge in [0.05, 0.1) is 17.5 Å². The maximum atomic E-state index is 11.7. The van der Waals surface area contributed by atoms with Crippen molar-refractivity contribution in [1.29, 1.82) is 0 Å². The molecule has 3 aliphatic heterocycles. The first-order valence-electron chi connectivity index (χ1n) is 12.6. The Hall–Kier alpha value is -2.48. The van der Waals surface area contributed by atoms with E-state index in [0.29, 0.717) is 20.9 Å². The fourth-order valence-electron chi connectivity index (χ4n) is 5.06. The lowest BCUT2D eigenvalue weighted by Gasteiger charge is -2.36. The van der Waals surface area contributed by atoms with E-state index in [-0.39, 0.29) is 5.91 Å². The molecule has 2 atom stereocenters. The molecule has 0 radical (unpaired) electrons. The maximum Gasteiger partial charge on any atom is 0.328 e. The summed E-state index contributed by atoms with van der Waals surface area (Å²) in [4.78, 5) is 28.6. The van der Waals surface area contributed by atoms with Crippen LogP contribution in [0.15, 0.2) is 47.4 Å². The zero-order valence-corrected chi connectivity index (χ0v) is 22.5. The van der Waals surface area contributed by atoms with Crippen molar-refractivity contribution in [2.45, 2.75) is 17.4 Å². The Morgan fingerprint density at radius 1 is 1.16 bits per heavy atom. The van der Waals surface area contributed by atoms with Gasteiger partial charge in [-0.25, -0.2) is 4.79 Å². The number of β-amino-alcohol motifs (C(OH)–C–C–N with tert-alkyl or cyclic N) is 1. The van der Waals surface area contributed by atoms with Gasteiger partial charge in [-0.1, -0.05) is 38.9 Å². The average molecular weight is 538 g/mol. The molecule has 1 amide bonds. The van der Waals surface area contributed by atoms with Crippen LogP contribution in [0.5, 0.6) is 0 Å². The summed E-state index contributed by atoms with van der Waals surface area (Å²) < 4.78 is 0. The largest absolute Gasteiger partial charge is 0.478 e. The minimum Gasteiger partial charge on any atom is -0.478 e. The summed E-state index contributed by atoms with van der Waals surface area (Å²) in [6.07, 6.45) is 8.30. The highest BCUT2D eigenvalue weighted by atomic mass is 32.2. The Kier molecular flexibility index (Phi) is 8.43. The number of carboxylic acid groups (broad SMARTS) is 1. The quantitative estimate of drug-likeness (QED) is 0.352. The first-order chi connectivity index (χ1) is 18.0. The first kappa shape index (κ1) is 26.1. The predicted octanol–water partition coefficient (Wildman–Crippen LogP) is 3.05. The highest BCUT2D eigenvalue weighted by molar-refractivity contribution is 8.00. The number of thioether (sulfide) groups is 1. The second-order valence-corrected chi connectivity index (χ2v) is 11.8. The van der Waals surface area contributed by atoms with Gasteiger partial charge in [0, 0.05) is 50.2 Å². The lowest BCUT2D eigenvalue weighted by Crippen LogP contribution is -2.48. The number of nitrogens with one attached hydrogen (secondary N) is 1. The van der Waals surface area contributed by atoms with Crippen LogP contribution in [0, 0.1) is 0 Å². The molecule has 7 nitrogen and oxygen atoms in total. The predicted molar refractivity (Wildman–Crippen MR) is 152 cm³/mol. The molecule has 1 saturated heterocycles. The van der Waals surface area contributed by atoms with Crippen LogP contribution in [0.1, 0.15) is 28.4 Å². The highest BCUT2D eigenvalue weighted by Crippen LogP contribution is 2.32. The second-order valence-electron chi connectivity index (χ2n) is 9.56. The number of amides is 1. The van der Waals surface area contributed by atoms with Crippen LogP contribution in [0.3, 0.4) is 0 Å². The zero-order valence-electron chi connectivity index (χ0n) is 20.7. The highest BCUT2D eigenvalue weighted by Gasteiger charge is 2.23. The molecule has 2 aromatic carbocycles. The third kappa shape index (κ3) is 6.51. The molecule has 0 spiro atoms. The summed E-state index contributed by atoms with van der Waals surface area (Å²) in [6.45, 7) is 5.33. The Balaban J connectivity index is 1.14. The van der Waals surface area contributed by atoms with Crippen LogP contribution < -0.4 is 10.6 Å². The standard InChI is InChI=1S/C28H32N3O4PS/c32-24(22-6-4-20(5-8-27(34)35)21-2-1-15-36-28(21)22)17-31-13-11-30(12-14-31)10-9-19-3-7-25-23(16-19)29-26(33)18-37-25/h1-8,16,24,32,36H,9-15,17-18H2,(H,29,33)(H,34,35)/b8-5+. The molecular formula is C28H32N3O4PS. The number of carboxylic acids is 1. The molecule has 37 heavy (non-hydrogen) atoms. The number of piperazine rings is 1. The smallest absolute Gasteiger partial charge is 0.328 e. The molecule has 0 aliphatic carbocycles. The minimum absolute atomic E-state index is 0.0661. The molecule has 3 N–H and O–H groups in total. The van der Waals surface area contributed by atoms with Crippen LogP contribution in [-0.4, -0.2) is 83.1 Å². The number of fused-ring (bicyclic) bond motifs is 2. The summed E-state index contributed by atoms with van der Waals surface area (Å²) in [6, 6.07) is 10.3. The lowest BCUT2D eigenvalue weighted by atomic mass is 9.99. The molecule has 0 aromatic heterocycles. The topological polar surface area (TPSA) is 93.1 Å². The van der Waals surface area contributed by atoms with E-state index in [1.54, 1.807) is 17.8 Å². The van der Waals surface area contributed by atoms with Crippen LogP contribution in [0.2, 0.25) is 0 Å². The minimum atomic E-state index is -0.963. The van der Waals surface area contributed by atoms with E-state index >= 15 is 0 Å². The van der Waals surface area contributed by atoms with Crippen molar-refractivity contribution < 1.29 is 19.8 Å². The molecule has 2 aromatic rings. The van der Waals surface area contributed by atoms with Gasteiger partial charge in [-0.3, -0.25) is 9.69 Å². The van der Waals surface area contributed by atoms with Gasteiger partial charge in [-0.05, 0) is 58.3 Å². The summed E-state index contributed by atoms with van der Waals surface area (Å²) in [7, 11) is 0.575. The summed E-state index contributed by atoms with van der Waals surface area (Å²) in [5.41, 5.74) is 5.04. The molecule has 0 bridgehead atoms. The van der Waals surface area contributed by atoms with Gasteiger partial charge >= 0.3 is 5.97 Å². The van der Waals surface area contributed by atoms with E-state index in [9.17, 15) is 14.7 Å². The van der Waals surface area contributed by atoms with E-state index in [1.165, 1.54) is 11.6 Å². The zero-order chi connectivity index (χ0) is 25.8. The monoisotopic (exact) mass is 537 g/mol. The Bertz CT molecular complexity index is 1240. The van der Waals surface area contributed by atoms with Crippen LogP contribution in [0.25, 0.3) is 12.2 Å². The van der Waals surface area contributed by atoms with Crippen molar-refractivity contribution in [2.75, 3.05) is 56.5 Å². The van der Waals surface area contributed by atoms with Crippen molar-refractivity contribution in [3.63, 3.8) is 0 Å². The van der Waals surface area contributed by atoms with Crippen molar-refractivity contribution in [1.82, 2.24) is 9.80 Å². The van der Waals surface area contributed by atoms with Gasteiger partial charge < -0.3 is 20.4 Å². The molecule has 9 heteroatoms. The summed E-state index contributed by atoms with van der Waals surface area (Å²) >= 11 is 1.59. The summed E-state index contributed by atoms with van der Waals surface area (Å²) in [5.74, 6) is -0.411. The third-order valence-corrected chi connectivity index (χ3v) is 9.47. The van der Waals surface area contributed by atoms with Gasteiger partial charge in [0.1, 0.15) is 0 Å². The molecule has 194 valence electrons. The molecule has 3 aliphatic rings. The fourth-order valence-corrected chi connectivity index (χ4v) is 7.16. The van der Waals surface area contributed by atoms with Gasteiger partial charge in [0.25, 0.3) is 0 Å². The number of carbonyl (C=O) groups is 2. The lowest BCUT2D eigenvalue weighted by molar-refractivity contribution is -0.131. The Morgan fingerprint density at radius 3 is 2.78 bits per heavy atom. The van der Waals surface area contributed by atoms with E-state index < -0.39 is 12.1 Å². The van der Waals surface area contributed by atoms with E-state index in [0.717, 1.165) is 77.9 Å². The number of hydrogen-bond acceptors (Lipinski definition) is 6. The molecule has 1 fully saturated rings. The van der Waals surface area contributed by atoms with Crippen LogP contribution >= 0.6 is 20.3 Å². The number of benzene rings is 2. The van der Waals surface area contributed by atoms with Crippen molar-refractivity contribution in [2.24, 2.45) is 0 Å². The normalized spacial score (nSPS) is 19.5. The Labute approximate surface area is 223 Å². The first-order valence-corrected chi connectivity index (χ1v) is 14.8. The summed E-state index contributed by atoms with van der Waals surface area (Å²) in [5, 5.41) is 24.3. The fraction of sp³-hybridized carbons (Fsp3) is 0.357. The number of aliphatic hydroxyl groups excluding tert-OH is 1. The number of rotatable bonds is 8. The second kappa shape index (κ2) is 11.9. The number of nitrogens with zero attached hydrogens (tertiary/aromatic N) is 2. The number of allylic oxidation sites excluding steroid dienone is 1. The molecule has 3 heterocycles. The van der Waals surface area contributed by atoms with Gasteiger partial charge in [0.15, 0.2) is 0 Å². The number of anilines is 1. The van der Waals surface area contributed by atoms with Gasteiger partial charge in [0.2, 0.25) is 5.91 Å².